The predicted octanol–water partition coefficient (Wildman–Crippen LogP) is 1.34. The van der Waals surface area contributed by atoms with E-state index in [0.29, 0.717) is 12.1 Å². The summed E-state index contributed by atoms with van der Waals surface area (Å²) in [4.78, 5) is 2.07. The zero-order valence-corrected chi connectivity index (χ0v) is 14.3. The molecule has 2 rings (SSSR count). The summed E-state index contributed by atoms with van der Waals surface area (Å²) in [7, 11) is -3.72. The highest BCUT2D eigenvalue weighted by molar-refractivity contribution is 7.89. The molecule has 0 radical (unpaired) electrons. The summed E-state index contributed by atoms with van der Waals surface area (Å²) < 4.78 is 27.1. The monoisotopic (exact) mass is 357 g/mol. The van der Waals surface area contributed by atoms with E-state index >= 15 is 0 Å². The molecule has 1 fully saturated rings. The number of rotatable bonds is 6. The van der Waals surface area contributed by atoms with Crippen LogP contribution in [-0.2, 0) is 10.0 Å². The zero-order chi connectivity index (χ0) is 16.9. The number of hydrogen-bond acceptors (Lipinski definition) is 5. The van der Waals surface area contributed by atoms with E-state index in [4.69, 9.17) is 16.9 Å². The molecule has 0 saturated carbocycles. The van der Waals surface area contributed by atoms with Gasteiger partial charge in [0, 0.05) is 19.1 Å². The third-order valence-corrected chi connectivity index (χ3v) is 5.95. The lowest BCUT2D eigenvalue weighted by molar-refractivity contribution is 0.0923. The van der Waals surface area contributed by atoms with Gasteiger partial charge < -0.3 is 5.11 Å². The Kier molecular flexibility index (Phi) is 6.39. The molecule has 1 saturated heterocycles. The summed E-state index contributed by atoms with van der Waals surface area (Å²) in [6.07, 6.45) is 3.09. The van der Waals surface area contributed by atoms with Crippen LogP contribution in [0.4, 0.5) is 0 Å². The van der Waals surface area contributed by atoms with Gasteiger partial charge in [0.05, 0.1) is 23.3 Å². The maximum absolute atomic E-state index is 12.3. The van der Waals surface area contributed by atoms with Crippen LogP contribution in [0.1, 0.15) is 24.8 Å². The number of nitriles is 1. The standard InChI is InChI=1S/C15H20ClN3O3S/c16-14-9-12(10-17)4-5-15(14)23(21,22)18-6-8-19-7-2-1-3-13(19)11-20/h4-5,9,13,18,20H,1-3,6-8,11H2/t13-/m1/s1. The van der Waals surface area contributed by atoms with Crippen molar-refractivity contribution in [1.29, 1.82) is 5.26 Å². The number of aliphatic hydroxyl groups excluding tert-OH is 1. The first-order valence-electron chi connectivity index (χ1n) is 7.52. The smallest absolute Gasteiger partial charge is 0.242 e. The van der Waals surface area contributed by atoms with E-state index < -0.39 is 10.0 Å². The number of nitrogens with zero attached hydrogens (tertiary/aromatic N) is 2. The van der Waals surface area contributed by atoms with Crippen LogP contribution in [0.2, 0.25) is 5.02 Å². The maximum atomic E-state index is 12.3. The van der Waals surface area contributed by atoms with Crippen molar-refractivity contribution in [2.45, 2.75) is 30.2 Å². The van der Waals surface area contributed by atoms with Gasteiger partial charge in [-0.25, -0.2) is 13.1 Å². The molecule has 0 unspecified atom stereocenters. The van der Waals surface area contributed by atoms with Crippen LogP contribution in [0, 0.1) is 11.3 Å². The van der Waals surface area contributed by atoms with Gasteiger partial charge in [0.2, 0.25) is 10.0 Å². The zero-order valence-electron chi connectivity index (χ0n) is 12.7. The van der Waals surface area contributed by atoms with Crippen LogP contribution in [0.25, 0.3) is 0 Å². The second-order valence-electron chi connectivity index (χ2n) is 5.52. The number of benzene rings is 1. The molecule has 1 heterocycles. The Balaban J connectivity index is 1.98. The van der Waals surface area contributed by atoms with Gasteiger partial charge in [-0.05, 0) is 37.6 Å². The van der Waals surface area contributed by atoms with Crippen LogP contribution in [-0.4, -0.2) is 50.7 Å². The third-order valence-electron chi connectivity index (χ3n) is 4.00. The molecule has 2 N–H and O–H groups in total. The first-order chi connectivity index (χ1) is 11.0. The number of sulfonamides is 1. The predicted molar refractivity (Wildman–Crippen MR) is 87.7 cm³/mol. The van der Waals surface area contributed by atoms with Gasteiger partial charge in [-0.15, -0.1) is 0 Å². The Labute approximate surface area is 141 Å². The molecule has 8 heteroatoms. The average Bonchev–Trinajstić information content (AvgIpc) is 2.54. The van der Waals surface area contributed by atoms with E-state index in [1.54, 1.807) is 0 Å². The minimum atomic E-state index is -3.72. The molecule has 126 valence electrons. The van der Waals surface area contributed by atoms with E-state index in [9.17, 15) is 13.5 Å². The lowest BCUT2D eigenvalue weighted by atomic mass is 10.0. The van der Waals surface area contributed by atoms with Gasteiger partial charge in [0.1, 0.15) is 4.90 Å². The van der Waals surface area contributed by atoms with Crippen molar-refractivity contribution in [3.05, 3.63) is 28.8 Å². The van der Waals surface area contributed by atoms with E-state index in [1.807, 2.05) is 6.07 Å². The molecule has 0 aromatic heterocycles. The normalized spacial score (nSPS) is 19.4. The van der Waals surface area contributed by atoms with E-state index in [0.717, 1.165) is 25.8 Å². The van der Waals surface area contributed by atoms with E-state index in [2.05, 4.69) is 9.62 Å². The van der Waals surface area contributed by atoms with Crippen LogP contribution in [0.3, 0.4) is 0 Å². The Bertz CT molecular complexity index is 688. The van der Waals surface area contributed by atoms with Gasteiger partial charge in [0.25, 0.3) is 0 Å². The van der Waals surface area contributed by atoms with Gasteiger partial charge in [-0.2, -0.15) is 5.26 Å². The van der Waals surface area contributed by atoms with Crippen LogP contribution in [0.15, 0.2) is 23.1 Å². The summed E-state index contributed by atoms with van der Waals surface area (Å²) in [6, 6.07) is 6.11. The summed E-state index contributed by atoms with van der Waals surface area (Å²) in [5.74, 6) is 0. The lowest BCUT2D eigenvalue weighted by Gasteiger charge is -2.34. The van der Waals surface area contributed by atoms with Crippen molar-refractivity contribution < 1.29 is 13.5 Å². The first-order valence-corrected chi connectivity index (χ1v) is 9.38. The van der Waals surface area contributed by atoms with Crippen molar-refractivity contribution >= 4 is 21.6 Å². The Morgan fingerprint density at radius 2 is 2.22 bits per heavy atom. The molecule has 0 bridgehead atoms. The fraction of sp³-hybridized carbons (Fsp3) is 0.533. The summed E-state index contributed by atoms with van der Waals surface area (Å²) in [6.45, 7) is 1.74. The molecule has 23 heavy (non-hydrogen) atoms. The molecule has 0 aliphatic carbocycles. The first kappa shape index (κ1) is 18.2. The molecular formula is C15H20ClN3O3S. The molecule has 6 nitrogen and oxygen atoms in total. The van der Waals surface area contributed by atoms with Crippen molar-refractivity contribution in [2.75, 3.05) is 26.2 Å². The molecule has 0 spiro atoms. The summed E-state index contributed by atoms with van der Waals surface area (Å²) in [5, 5.41) is 18.2. The largest absolute Gasteiger partial charge is 0.395 e. The quantitative estimate of drug-likeness (QED) is 0.801. The second-order valence-corrected chi connectivity index (χ2v) is 7.67. The lowest BCUT2D eigenvalue weighted by Crippen LogP contribution is -2.45. The topological polar surface area (TPSA) is 93.4 Å². The number of nitrogens with one attached hydrogen (secondary N) is 1. The Morgan fingerprint density at radius 3 is 2.87 bits per heavy atom. The van der Waals surface area contributed by atoms with Crippen LogP contribution in [0.5, 0.6) is 0 Å². The van der Waals surface area contributed by atoms with Crippen molar-refractivity contribution in [2.24, 2.45) is 0 Å². The Morgan fingerprint density at radius 1 is 1.43 bits per heavy atom. The van der Waals surface area contributed by atoms with E-state index in [-0.39, 0.29) is 29.1 Å². The molecule has 1 atom stereocenters. The summed E-state index contributed by atoms with van der Waals surface area (Å²) in [5.41, 5.74) is 0.313. The molecular weight excluding hydrogens is 338 g/mol. The van der Waals surface area contributed by atoms with Gasteiger partial charge in [-0.1, -0.05) is 18.0 Å². The fourth-order valence-electron chi connectivity index (χ4n) is 2.75. The SMILES string of the molecule is N#Cc1ccc(S(=O)(=O)NCCN2CCCC[C@@H]2CO)c(Cl)c1. The maximum Gasteiger partial charge on any atom is 0.242 e. The molecule has 1 aromatic carbocycles. The number of piperidine rings is 1. The Hall–Kier alpha value is -1.17. The van der Waals surface area contributed by atoms with Gasteiger partial charge >= 0.3 is 0 Å². The highest BCUT2D eigenvalue weighted by Crippen LogP contribution is 2.22. The minimum absolute atomic E-state index is 0.0303. The van der Waals surface area contributed by atoms with Crippen molar-refractivity contribution in [3.8, 4) is 6.07 Å². The number of likely N-dealkylation sites (tertiary alicyclic amines) is 1. The van der Waals surface area contributed by atoms with Crippen molar-refractivity contribution in [1.82, 2.24) is 9.62 Å². The minimum Gasteiger partial charge on any atom is -0.395 e. The number of hydrogen-bond donors (Lipinski definition) is 2. The van der Waals surface area contributed by atoms with Crippen molar-refractivity contribution in [3.63, 3.8) is 0 Å². The molecule has 1 aromatic rings. The molecule has 1 aliphatic rings. The molecule has 1 aliphatic heterocycles. The van der Waals surface area contributed by atoms with E-state index in [1.165, 1.54) is 18.2 Å². The average molecular weight is 358 g/mol. The number of aliphatic hydroxyl groups is 1. The van der Waals surface area contributed by atoms with Gasteiger partial charge in [-0.3, -0.25) is 4.90 Å². The van der Waals surface area contributed by atoms with Crippen LogP contribution >= 0.6 is 11.6 Å². The molecule has 0 amide bonds. The third kappa shape index (κ3) is 4.66. The summed E-state index contributed by atoms with van der Waals surface area (Å²) >= 11 is 5.95. The highest BCUT2D eigenvalue weighted by Gasteiger charge is 2.23. The highest BCUT2D eigenvalue weighted by atomic mass is 35.5. The second kappa shape index (κ2) is 8.08. The number of halogens is 1. The van der Waals surface area contributed by atoms with Crippen LogP contribution < -0.4 is 4.72 Å². The fourth-order valence-corrected chi connectivity index (χ4v) is 4.31. The van der Waals surface area contributed by atoms with Gasteiger partial charge in [0.15, 0.2) is 0 Å².